The molecule has 1 unspecified atom stereocenters. The van der Waals surface area contributed by atoms with Crippen LogP contribution in [0.1, 0.15) is 24.8 Å². The Balaban J connectivity index is 1.49. The lowest BCUT2D eigenvalue weighted by atomic mass is 9.89. The predicted octanol–water partition coefficient (Wildman–Crippen LogP) is 2.12. The van der Waals surface area contributed by atoms with Crippen molar-refractivity contribution in [3.63, 3.8) is 0 Å². The zero-order chi connectivity index (χ0) is 13.8. The normalized spacial score (nSPS) is 24.9. The Labute approximate surface area is 120 Å². The Kier molecular flexibility index (Phi) is 4.24. The molecule has 2 aliphatic heterocycles. The quantitative estimate of drug-likeness (QED) is 0.915. The van der Waals surface area contributed by atoms with E-state index in [-0.39, 0.29) is 11.7 Å². The predicted molar refractivity (Wildman–Crippen MR) is 77.0 cm³/mol. The van der Waals surface area contributed by atoms with E-state index >= 15 is 0 Å². The molecular formula is C16H23NO3. The number of benzene rings is 1. The van der Waals surface area contributed by atoms with Crippen molar-refractivity contribution in [1.29, 1.82) is 0 Å². The number of rotatable bonds is 4. The molecule has 4 nitrogen and oxygen atoms in total. The summed E-state index contributed by atoms with van der Waals surface area (Å²) in [5.74, 6) is 0.881. The largest absolute Gasteiger partial charge is 0.497 e. The van der Waals surface area contributed by atoms with E-state index in [1.807, 2.05) is 12.1 Å². The average Bonchev–Trinajstić information content (AvgIpc) is 2.89. The molecule has 110 valence electrons. The second kappa shape index (κ2) is 6.12. The van der Waals surface area contributed by atoms with Crippen LogP contribution in [0.25, 0.3) is 0 Å². The Morgan fingerprint density at radius 1 is 1.25 bits per heavy atom. The molecule has 3 rings (SSSR count). The van der Waals surface area contributed by atoms with Gasteiger partial charge in [0, 0.05) is 6.42 Å². The van der Waals surface area contributed by atoms with Crippen LogP contribution in [-0.4, -0.2) is 38.5 Å². The number of piperidine rings is 1. The Bertz CT molecular complexity index is 426. The van der Waals surface area contributed by atoms with Gasteiger partial charge in [0.15, 0.2) is 0 Å². The fraction of sp³-hybridized carbons (Fsp3) is 0.625. The molecule has 2 heterocycles. The first-order valence-electron chi connectivity index (χ1n) is 7.39. The van der Waals surface area contributed by atoms with Crippen molar-refractivity contribution in [1.82, 2.24) is 5.32 Å². The van der Waals surface area contributed by atoms with E-state index in [1.54, 1.807) is 7.11 Å². The second-order valence-corrected chi connectivity index (χ2v) is 5.73. The molecule has 2 fully saturated rings. The number of ether oxygens (including phenoxy) is 3. The average molecular weight is 277 g/mol. The zero-order valence-electron chi connectivity index (χ0n) is 12.1. The van der Waals surface area contributed by atoms with Gasteiger partial charge in [0.1, 0.15) is 5.75 Å². The van der Waals surface area contributed by atoms with Crippen LogP contribution in [0.15, 0.2) is 24.3 Å². The van der Waals surface area contributed by atoms with Crippen LogP contribution in [0.3, 0.4) is 0 Å². The molecule has 0 amide bonds. The molecular weight excluding hydrogens is 254 g/mol. The summed E-state index contributed by atoms with van der Waals surface area (Å²) in [4.78, 5) is 0. The van der Waals surface area contributed by atoms with E-state index in [0.717, 1.165) is 44.7 Å². The zero-order valence-corrected chi connectivity index (χ0v) is 12.1. The molecule has 1 spiro atoms. The SMILES string of the molecule is COc1ccc(COC2COC3(CCNCC3)C2)cc1. The van der Waals surface area contributed by atoms with Crippen molar-refractivity contribution in [3.05, 3.63) is 29.8 Å². The molecule has 0 aliphatic carbocycles. The van der Waals surface area contributed by atoms with Gasteiger partial charge >= 0.3 is 0 Å². The van der Waals surface area contributed by atoms with Crippen LogP contribution >= 0.6 is 0 Å². The molecule has 20 heavy (non-hydrogen) atoms. The Morgan fingerprint density at radius 2 is 2.00 bits per heavy atom. The molecule has 0 saturated carbocycles. The minimum Gasteiger partial charge on any atom is -0.497 e. The minimum atomic E-state index is 0.0792. The van der Waals surface area contributed by atoms with E-state index in [0.29, 0.717) is 6.61 Å². The third-order valence-electron chi connectivity index (χ3n) is 4.33. The molecule has 2 saturated heterocycles. The van der Waals surface area contributed by atoms with Crippen LogP contribution in [0.5, 0.6) is 5.75 Å². The van der Waals surface area contributed by atoms with E-state index in [1.165, 1.54) is 5.56 Å². The molecule has 0 aromatic heterocycles. The molecule has 2 aliphatic rings. The monoisotopic (exact) mass is 277 g/mol. The lowest BCUT2D eigenvalue weighted by Gasteiger charge is -2.32. The molecule has 1 N–H and O–H groups in total. The maximum absolute atomic E-state index is 6.03. The van der Waals surface area contributed by atoms with Gasteiger partial charge in [-0.25, -0.2) is 0 Å². The molecule has 1 aromatic rings. The standard InChI is InChI=1S/C16H23NO3/c1-18-14-4-2-13(3-5-14)11-19-15-10-16(20-12-15)6-8-17-9-7-16/h2-5,15,17H,6-12H2,1H3. The van der Waals surface area contributed by atoms with Gasteiger partial charge in [-0.15, -0.1) is 0 Å². The number of hydrogen-bond acceptors (Lipinski definition) is 4. The summed E-state index contributed by atoms with van der Waals surface area (Å²) >= 11 is 0. The summed E-state index contributed by atoms with van der Waals surface area (Å²) < 4.78 is 17.2. The van der Waals surface area contributed by atoms with E-state index in [4.69, 9.17) is 14.2 Å². The minimum absolute atomic E-state index is 0.0792. The fourth-order valence-corrected chi connectivity index (χ4v) is 3.08. The smallest absolute Gasteiger partial charge is 0.118 e. The summed E-state index contributed by atoms with van der Waals surface area (Å²) in [6.45, 7) is 3.50. The van der Waals surface area contributed by atoms with Gasteiger partial charge in [-0.1, -0.05) is 12.1 Å². The van der Waals surface area contributed by atoms with Gasteiger partial charge < -0.3 is 19.5 Å². The lowest BCUT2D eigenvalue weighted by molar-refractivity contribution is -0.0240. The van der Waals surface area contributed by atoms with Gasteiger partial charge in [-0.2, -0.15) is 0 Å². The van der Waals surface area contributed by atoms with Crippen molar-refractivity contribution < 1.29 is 14.2 Å². The topological polar surface area (TPSA) is 39.7 Å². The summed E-state index contributed by atoms with van der Waals surface area (Å²) in [5.41, 5.74) is 1.26. The number of nitrogens with one attached hydrogen (secondary N) is 1. The van der Waals surface area contributed by atoms with Gasteiger partial charge in [-0.05, 0) is 43.6 Å². The summed E-state index contributed by atoms with van der Waals surface area (Å²) in [6.07, 6.45) is 3.48. The fourth-order valence-electron chi connectivity index (χ4n) is 3.08. The third-order valence-corrected chi connectivity index (χ3v) is 4.33. The molecule has 4 heteroatoms. The van der Waals surface area contributed by atoms with Crippen LogP contribution in [0, 0.1) is 0 Å². The summed E-state index contributed by atoms with van der Waals surface area (Å²) in [6, 6.07) is 8.04. The summed E-state index contributed by atoms with van der Waals surface area (Å²) in [7, 11) is 1.68. The van der Waals surface area contributed by atoms with Crippen LogP contribution in [0.4, 0.5) is 0 Å². The lowest BCUT2D eigenvalue weighted by Crippen LogP contribution is -2.41. The first kappa shape index (κ1) is 13.9. The van der Waals surface area contributed by atoms with E-state index in [9.17, 15) is 0 Å². The molecule has 1 aromatic carbocycles. The van der Waals surface area contributed by atoms with Gasteiger partial charge in [0.2, 0.25) is 0 Å². The van der Waals surface area contributed by atoms with Crippen LogP contribution in [-0.2, 0) is 16.1 Å². The van der Waals surface area contributed by atoms with Gasteiger partial charge in [0.05, 0.1) is 32.0 Å². The maximum Gasteiger partial charge on any atom is 0.118 e. The second-order valence-electron chi connectivity index (χ2n) is 5.73. The van der Waals surface area contributed by atoms with E-state index in [2.05, 4.69) is 17.4 Å². The third kappa shape index (κ3) is 3.14. The summed E-state index contributed by atoms with van der Waals surface area (Å²) in [5, 5.41) is 3.39. The maximum atomic E-state index is 6.03. The number of methoxy groups -OCH3 is 1. The van der Waals surface area contributed by atoms with Crippen molar-refractivity contribution in [3.8, 4) is 5.75 Å². The van der Waals surface area contributed by atoms with Crippen molar-refractivity contribution >= 4 is 0 Å². The van der Waals surface area contributed by atoms with Gasteiger partial charge in [-0.3, -0.25) is 0 Å². The van der Waals surface area contributed by atoms with Gasteiger partial charge in [0.25, 0.3) is 0 Å². The van der Waals surface area contributed by atoms with E-state index < -0.39 is 0 Å². The molecule has 0 bridgehead atoms. The first-order valence-corrected chi connectivity index (χ1v) is 7.39. The van der Waals surface area contributed by atoms with Crippen LogP contribution < -0.4 is 10.1 Å². The highest BCUT2D eigenvalue weighted by Crippen LogP contribution is 2.35. The highest BCUT2D eigenvalue weighted by atomic mass is 16.6. The highest BCUT2D eigenvalue weighted by Gasteiger charge is 2.41. The Hall–Kier alpha value is -1.10. The first-order chi connectivity index (χ1) is 9.80. The number of hydrogen-bond donors (Lipinski definition) is 1. The van der Waals surface area contributed by atoms with Crippen molar-refractivity contribution in [2.45, 2.75) is 37.6 Å². The molecule has 1 atom stereocenters. The van der Waals surface area contributed by atoms with Crippen molar-refractivity contribution in [2.75, 3.05) is 26.8 Å². The van der Waals surface area contributed by atoms with Crippen LogP contribution in [0.2, 0.25) is 0 Å². The molecule has 0 radical (unpaired) electrons. The van der Waals surface area contributed by atoms with Crippen molar-refractivity contribution in [2.24, 2.45) is 0 Å². The highest BCUT2D eigenvalue weighted by molar-refractivity contribution is 5.26. The Morgan fingerprint density at radius 3 is 2.70 bits per heavy atom.